The molecule has 180 valence electrons. The topological polar surface area (TPSA) is 110 Å². The number of nitrogens with zero attached hydrogens (tertiary/aromatic N) is 5. The first-order valence-corrected chi connectivity index (χ1v) is 12.5. The minimum atomic E-state index is -3.75. The number of nitrogens with one attached hydrogen (secondary N) is 1. The number of carbonyl (C=O) groups excluding carboxylic acids is 1. The van der Waals surface area contributed by atoms with E-state index in [1.807, 2.05) is 29.2 Å². The van der Waals surface area contributed by atoms with Crippen LogP contribution in [0.15, 0.2) is 78.2 Å². The van der Waals surface area contributed by atoms with Crippen LogP contribution in [0.5, 0.6) is 5.75 Å². The summed E-state index contributed by atoms with van der Waals surface area (Å²) in [6.07, 6.45) is 4.53. The van der Waals surface area contributed by atoms with Crippen molar-refractivity contribution >= 4 is 38.5 Å². The van der Waals surface area contributed by atoms with Gasteiger partial charge in [0.2, 0.25) is 0 Å². The molecule has 0 saturated carbocycles. The summed E-state index contributed by atoms with van der Waals surface area (Å²) >= 11 is 0. The van der Waals surface area contributed by atoms with Gasteiger partial charge in [0, 0.05) is 49.6 Å². The predicted octanol–water partition coefficient (Wildman–Crippen LogP) is 3.03. The molecule has 1 N–H and O–H groups in total. The van der Waals surface area contributed by atoms with Gasteiger partial charge in [-0.2, -0.15) is 0 Å². The van der Waals surface area contributed by atoms with E-state index in [0.29, 0.717) is 26.2 Å². The first-order valence-electron chi connectivity index (χ1n) is 11.0. The van der Waals surface area contributed by atoms with Crippen molar-refractivity contribution in [2.45, 2.75) is 4.90 Å². The van der Waals surface area contributed by atoms with Crippen LogP contribution in [0.4, 0.5) is 16.3 Å². The van der Waals surface area contributed by atoms with Gasteiger partial charge in [-0.05, 0) is 54.6 Å². The Hall–Kier alpha value is -4.12. The molecule has 1 fully saturated rings. The average molecular weight is 493 g/mol. The van der Waals surface area contributed by atoms with Gasteiger partial charge in [-0.1, -0.05) is 0 Å². The number of methoxy groups -OCH3 is 1. The second-order valence-electron chi connectivity index (χ2n) is 8.06. The van der Waals surface area contributed by atoms with E-state index in [2.05, 4.69) is 19.6 Å². The summed E-state index contributed by atoms with van der Waals surface area (Å²) in [5.41, 5.74) is 1.74. The molecule has 5 rings (SSSR count). The Balaban J connectivity index is 1.23. The molecule has 0 spiro atoms. The number of hydrogen-bond acceptors (Lipinski definition) is 7. The van der Waals surface area contributed by atoms with Gasteiger partial charge >= 0.3 is 6.03 Å². The van der Waals surface area contributed by atoms with Gasteiger partial charge in [0.15, 0.2) is 0 Å². The van der Waals surface area contributed by atoms with Crippen molar-refractivity contribution in [2.24, 2.45) is 0 Å². The number of hydrogen-bond donors (Lipinski definition) is 1. The first kappa shape index (κ1) is 22.7. The molecule has 0 radical (unpaired) electrons. The molecular weight excluding hydrogens is 468 g/mol. The van der Waals surface area contributed by atoms with Crippen LogP contribution in [0.1, 0.15) is 0 Å². The predicted molar refractivity (Wildman–Crippen MR) is 132 cm³/mol. The van der Waals surface area contributed by atoms with Crippen molar-refractivity contribution < 1.29 is 17.9 Å². The summed E-state index contributed by atoms with van der Waals surface area (Å²) in [7, 11) is -2.13. The monoisotopic (exact) mass is 492 g/mol. The van der Waals surface area contributed by atoms with Crippen LogP contribution in [-0.2, 0) is 10.0 Å². The second-order valence-corrected chi connectivity index (χ2v) is 9.74. The van der Waals surface area contributed by atoms with Gasteiger partial charge in [-0.25, -0.2) is 23.2 Å². The fraction of sp³-hybridized carbons (Fsp3) is 0.208. The molecule has 2 aromatic heterocycles. The highest BCUT2D eigenvalue weighted by molar-refractivity contribution is 7.92. The maximum absolute atomic E-state index is 13.1. The number of fused-ring (bicyclic) bond motifs is 1. The lowest BCUT2D eigenvalue weighted by Crippen LogP contribution is -2.49. The Kier molecular flexibility index (Phi) is 6.00. The first-order chi connectivity index (χ1) is 16.9. The smallest absolute Gasteiger partial charge is 0.328 e. The number of sulfonamides is 1. The summed E-state index contributed by atoms with van der Waals surface area (Å²) in [5.74, 6) is 0.958. The summed E-state index contributed by atoms with van der Waals surface area (Å²) in [6.45, 7) is 2.40. The molecule has 0 unspecified atom stereocenters. The van der Waals surface area contributed by atoms with Crippen molar-refractivity contribution in [1.29, 1.82) is 0 Å². The SMILES string of the molecule is COc1ccc2c(ccn2C(=O)N2CCN(c3ccc(S(=O)(=O)Nc4ccncn4)cc3)CC2)c1. The molecule has 3 heterocycles. The number of rotatable bonds is 5. The van der Waals surface area contributed by atoms with Crippen molar-refractivity contribution in [3.8, 4) is 5.75 Å². The standard InChI is InChI=1S/C24H24N6O4S/c1-34-20-4-7-22-18(16-20)9-11-30(22)24(31)29-14-12-28(13-15-29)19-2-5-21(6-3-19)35(32,33)27-23-8-10-25-17-26-23/h2-11,16-17H,12-15H2,1H3,(H,25,26,27). The van der Waals surface area contributed by atoms with E-state index in [1.165, 1.54) is 18.6 Å². The molecule has 0 aliphatic carbocycles. The van der Waals surface area contributed by atoms with Crippen LogP contribution < -0.4 is 14.4 Å². The van der Waals surface area contributed by atoms with Crippen molar-refractivity contribution in [3.63, 3.8) is 0 Å². The lowest BCUT2D eigenvalue weighted by atomic mass is 10.2. The fourth-order valence-corrected chi connectivity index (χ4v) is 5.11. The molecule has 11 heteroatoms. The summed E-state index contributed by atoms with van der Waals surface area (Å²) in [6, 6.07) is 15.6. The number of ether oxygens (including phenoxy) is 1. The third-order valence-electron chi connectivity index (χ3n) is 5.99. The zero-order valence-corrected chi connectivity index (χ0v) is 19.9. The summed E-state index contributed by atoms with van der Waals surface area (Å²) < 4.78 is 34.6. The Morgan fingerprint density at radius 3 is 2.46 bits per heavy atom. The molecule has 1 saturated heterocycles. The van der Waals surface area contributed by atoms with Crippen LogP contribution in [-0.4, -0.2) is 67.2 Å². The minimum Gasteiger partial charge on any atom is -0.497 e. The number of aromatic nitrogens is 3. The number of carbonyl (C=O) groups is 1. The van der Waals surface area contributed by atoms with Crippen molar-refractivity contribution in [3.05, 3.63) is 73.3 Å². The lowest BCUT2D eigenvalue weighted by Gasteiger charge is -2.36. The minimum absolute atomic E-state index is 0.0675. The molecule has 1 aliphatic rings. The van der Waals surface area contributed by atoms with Gasteiger partial charge in [-0.15, -0.1) is 0 Å². The zero-order valence-electron chi connectivity index (χ0n) is 19.0. The maximum atomic E-state index is 13.1. The van der Waals surface area contributed by atoms with E-state index in [0.717, 1.165) is 22.3 Å². The second kappa shape index (κ2) is 9.26. The Labute approximate surface area is 202 Å². The normalized spacial score (nSPS) is 14.2. The maximum Gasteiger partial charge on any atom is 0.328 e. The highest BCUT2D eigenvalue weighted by Gasteiger charge is 2.24. The molecule has 2 aromatic carbocycles. The van der Waals surface area contributed by atoms with E-state index >= 15 is 0 Å². The van der Waals surface area contributed by atoms with E-state index in [-0.39, 0.29) is 16.7 Å². The van der Waals surface area contributed by atoms with Gasteiger partial charge in [0.25, 0.3) is 10.0 Å². The van der Waals surface area contributed by atoms with Crippen molar-refractivity contribution in [2.75, 3.05) is 42.9 Å². The number of piperazine rings is 1. The molecule has 10 nitrogen and oxygen atoms in total. The number of amides is 1. The van der Waals surface area contributed by atoms with Crippen LogP contribution >= 0.6 is 0 Å². The highest BCUT2D eigenvalue weighted by Crippen LogP contribution is 2.24. The molecule has 35 heavy (non-hydrogen) atoms. The summed E-state index contributed by atoms with van der Waals surface area (Å²) in [4.78, 5) is 24.9. The quantitative estimate of drug-likeness (QED) is 0.456. The van der Waals surface area contributed by atoms with Gasteiger partial charge in [0.1, 0.15) is 17.9 Å². The van der Waals surface area contributed by atoms with E-state index in [4.69, 9.17) is 4.74 Å². The largest absolute Gasteiger partial charge is 0.497 e. The van der Waals surface area contributed by atoms with Crippen molar-refractivity contribution in [1.82, 2.24) is 19.4 Å². The van der Waals surface area contributed by atoms with E-state index in [1.54, 1.807) is 42.1 Å². The third kappa shape index (κ3) is 4.62. The van der Waals surface area contributed by atoms with E-state index < -0.39 is 10.0 Å². The summed E-state index contributed by atoms with van der Waals surface area (Å²) in [5, 5.41) is 0.945. The molecule has 0 atom stereocenters. The zero-order chi connectivity index (χ0) is 24.4. The molecular formula is C24H24N6O4S. The highest BCUT2D eigenvalue weighted by atomic mass is 32.2. The number of benzene rings is 2. The Bertz CT molecular complexity index is 1450. The number of anilines is 2. The molecule has 1 amide bonds. The Morgan fingerprint density at radius 1 is 1.00 bits per heavy atom. The van der Waals surface area contributed by atoms with Gasteiger partial charge in [-0.3, -0.25) is 9.29 Å². The van der Waals surface area contributed by atoms with Crippen LogP contribution in [0.2, 0.25) is 0 Å². The lowest BCUT2D eigenvalue weighted by molar-refractivity contribution is 0.197. The van der Waals surface area contributed by atoms with Gasteiger partial charge in [0.05, 0.1) is 17.5 Å². The third-order valence-corrected chi connectivity index (χ3v) is 7.36. The van der Waals surface area contributed by atoms with Gasteiger partial charge < -0.3 is 14.5 Å². The molecule has 4 aromatic rings. The van der Waals surface area contributed by atoms with Crippen LogP contribution in [0, 0.1) is 0 Å². The Morgan fingerprint density at radius 2 is 1.77 bits per heavy atom. The fourth-order valence-electron chi connectivity index (χ4n) is 4.11. The van der Waals surface area contributed by atoms with E-state index in [9.17, 15) is 13.2 Å². The average Bonchev–Trinajstić information content (AvgIpc) is 3.32. The van der Waals surface area contributed by atoms with Crippen LogP contribution in [0.25, 0.3) is 10.9 Å². The molecule has 0 bridgehead atoms. The molecule has 1 aliphatic heterocycles. The van der Waals surface area contributed by atoms with Crippen LogP contribution in [0.3, 0.4) is 0 Å².